The molecule has 6 saturated heterocycles. The first-order chi connectivity index (χ1) is 64.7. The van der Waals surface area contributed by atoms with E-state index < -0.39 is 48.7 Å². The number of hydrogen-bond acceptors (Lipinski definition) is 21. The number of carbonyl (C=O) groups excluding carboxylic acids is 13. The molecule has 6 aromatic heterocycles. The van der Waals surface area contributed by atoms with Crippen LogP contribution in [0, 0.1) is 46.8 Å². The highest BCUT2D eigenvalue weighted by molar-refractivity contribution is 5.97. The first-order valence-electron chi connectivity index (χ1n) is 48.6. The predicted octanol–water partition coefficient (Wildman–Crippen LogP) is 7.22. The molecular weight excluding hydrogens is 1760 g/mol. The molecule has 740 valence electrons. The fourth-order valence-corrected chi connectivity index (χ4v) is 17.7. The Morgan fingerprint density at radius 2 is 0.757 bits per heavy atom. The minimum atomic E-state index is -1.55. The van der Waals surface area contributed by atoms with Crippen molar-refractivity contribution in [3.8, 4) is 0 Å². The molecule has 11 atom stereocenters. The average molecular weight is 1900 g/mol. The number of aliphatic hydroxyl groups excluding tert-OH is 2. The maximum absolute atomic E-state index is 14.1. The molecule has 38 nitrogen and oxygen atoms in total. The number of aromatic nitrogens is 12. The van der Waals surface area contributed by atoms with E-state index in [0.29, 0.717) is 124 Å². The fourth-order valence-electron chi connectivity index (χ4n) is 17.7. The summed E-state index contributed by atoms with van der Waals surface area (Å²) in [7, 11) is 0. The lowest BCUT2D eigenvalue weighted by Crippen LogP contribution is -2.43. The van der Waals surface area contributed by atoms with Crippen LogP contribution in [0.1, 0.15) is 324 Å². The van der Waals surface area contributed by atoms with Crippen LogP contribution in [0.15, 0.2) is 36.4 Å². The highest BCUT2D eigenvalue weighted by Gasteiger charge is 2.58. The molecule has 6 aromatic rings. The number of rotatable bonds is 28. The molecular formula is C95H134F3N23O15. The summed E-state index contributed by atoms with van der Waals surface area (Å²) < 4.78 is 40.7. The van der Waals surface area contributed by atoms with Crippen LogP contribution in [0.25, 0.3) is 0 Å². The lowest BCUT2D eigenvalue weighted by molar-refractivity contribution is -0.126. The van der Waals surface area contributed by atoms with Gasteiger partial charge >= 0.3 is 0 Å². The van der Waals surface area contributed by atoms with Gasteiger partial charge in [-0.15, -0.1) is 0 Å². The van der Waals surface area contributed by atoms with Gasteiger partial charge in [0.1, 0.15) is 58.9 Å². The van der Waals surface area contributed by atoms with Gasteiger partial charge < -0.3 is 66.2 Å². The van der Waals surface area contributed by atoms with Gasteiger partial charge in [-0.2, -0.15) is 30.6 Å². The number of Topliss-reactive ketones (excluding diaryl/α,β-unsaturated/α-hetero) is 2. The van der Waals surface area contributed by atoms with Crippen LogP contribution in [0.4, 0.5) is 13.2 Å². The van der Waals surface area contributed by atoms with Gasteiger partial charge in [0.2, 0.25) is 29.5 Å². The van der Waals surface area contributed by atoms with Crippen LogP contribution in [-0.2, 0) is 33.6 Å². The van der Waals surface area contributed by atoms with Crippen LogP contribution >= 0.6 is 0 Å². The van der Waals surface area contributed by atoms with Gasteiger partial charge in [0.05, 0.1) is 48.4 Å². The van der Waals surface area contributed by atoms with E-state index in [1.54, 1.807) is 56.9 Å². The number of ketones is 2. The van der Waals surface area contributed by atoms with Gasteiger partial charge in [0, 0.05) is 148 Å². The quantitative estimate of drug-likeness (QED) is 0.0230. The summed E-state index contributed by atoms with van der Waals surface area (Å²) in [6, 6.07) is 9.20. The van der Waals surface area contributed by atoms with Crippen LogP contribution in [0.3, 0.4) is 0 Å². The van der Waals surface area contributed by atoms with Crippen molar-refractivity contribution in [3.05, 3.63) is 105 Å². The van der Waals surface area contributed by atoms with Gasteiger partial charge in [-0.25, -0.2) is 13.2 Å². The predicted molar refractivity (Wildman–Crippen MR) is 488 cm³/mol. The molecule has 6 aliphatic heterocycles. The Kier molecular flexibility index (Phi) is 31.8. The molecule has 0 radical (unpaired) electrons. The third-order valence-corrected chi connectivity index (χ3v) is 27.9. The lowest BCUT2D eigenvalue weighted by atomic mass is 9.99. The number of hydrogen-bond donors (Lipinski definition) is 13. The number of carbonyl (C=O) groups is 13. The Morgan fingerprint density at radius 3 is 1.15 bits per heavy atom. The van der Waals surface area contributed by atoms with Crippen LogP contribution in [0.5, 0.6) is 0 Å². The van der Waals surface area contributed by atoms with Gasteiger partial charge in [-0.1, -0.05) is 69.2 Å². The van der Waals surface area contributed by atoms with E-state index >= 15 is 0 Å². The SMILES string of the molecule is CC(C)c1cc(C(=O)N2CC[C@@H](CC(=O)C3(F)CC3)C2)n[nH]1.CC(C)c1cc(C(=O)N2CC[C@@H](CC(=O)[C@H]3C[C@H]3F)C2)n[nH]1.CC(C)c1cc(C(=O)N2C[C@H](NC(=O)C3CC3)C3(CC3)C2)n[nH]1.CC(C)c1cc(C(=O)N2C[C@H](NC(=O)C3CC3)[C@@H](F)C2)n[nH]1.CC(C)c1cc(C(=O)N2C[C@H](NC(=O)C3CC3)[C@@H](O)C2)n[nH]1.CC(NC(=O)CO)c1cc(C(=O)N2CCC(NC(=O)C3CC3)C2)n[nH]1. The van der Waals surface area contributed by atoms with E-state index in [-0.39, 0.29) is 185 Å². The summed E-state index contributed by atoms with van der Waals surface area (Å²) in [5.74, 6) is 0.258. The summed E-state index contributed by atoms with van der Waals surface area (Å²) in [6.07, 6.45) is 10.9. The molecule has 136 heavy (non-hydrogen) atoms. The molecule has 13 aliphatic rings. The molecule has 7 saturated carbocycles. The third-order valence-electron chi connectivity index (χ3n) is 27.9. The number of nitrogens with one attached hydrogen (secondary N) is 11. The Hall–Kier alpha value is -11.5. The lowest BCUT2D eigenvalue weighted by Gasteiger charge is -2.18. The van der Waals surface area contributed by atoms with Crippen molar-refractivity contribution < 1.29 is 85.7 Å². The maximum Gasteiger partial charge on any atom is 0.274 e. The van der Waals surface area contributed by atoms with E-state index in [1.165, 1.54) is 4.90 Å². The van der Waals surface area contributed by atoms with Crippen molar-refractivity contribution >= 4 is 76.5 Å². The molecule has 0 aromatic carbocycles. The third kappa shape index (κ3) is 25.8. The van der Waals surface area contributed by atoms with Gasteiger partial charge in [-0.3, -0.25) is 92.9 Å². The number of alkyl halides is 3. The molecule has 0 bridgehead atoms. The minimum absolute atomic E-state index is 0.00164. The molecule has 7 aliphatic carbocycles. The zero-order chi connectivity index (χ0) is 97.6. The first kappa shape index (κ1) is 100. The van der Waals surface area contributed by atoms with E-state index in [1.807, 2.05) is 66.4 Å². The largest absolute Gasteiger partial charge is 0.389 e. The van der Waals surface area contributed by atoms with Crippen molar-refractivity contribution in [2.75, 3.05) is 85.1 Å². The molecule has 12 heterocycles. The van der Waals surface area contributed by atoms with Crippen molar-refractivity contribution in [3.63, 3.8) is 0 Å². The van der Waals surface area contributed by atoms with Crippen LogP contribution < -0.4 is 26.6 Å². The number of aliphatic hydroxyl groups is 2. The Balaban J connectivity index is 0.000000131. The second kappa shape index (κ2) is 43.0. The molecule has 11 amide bonds. The highest BCUT2D eigenvalue weighted by atomic mass is 19.1. The Morgan fingerprint density at radius 1 is 0.404 bits per heavy atom. The zero-order valence-electron chi connectivity index (χ0n) is 79.6. The topological polar surface area (TPSA) is 514 Å². The maximum atomic E-state index is 14.1. The Bertz CT molecular complexity index is 5200. The minimum Gasteiger partial charge on any atom is -0.389 e. The van der Waals surface area contributed by atoms with Crippen molar-refractivity contribution in [2.24, 2.45) is 46.8 Å². The van der Waals surface area contributed by atoms with Crippen LogP contribution in [-0.4, -0.2) is 311 Å². The molecule has 13 N–H and O–H groups in total. The summed E-state index contributed by atoms with van der Waals surface area (Å²) >= 11 is 0. The number of likely N-dealkylation sites (tertiary alicyclic amines) is 6. The zero-order valence-corrected chi connectivity index (χ0v) is 79.6. The van der Waals surface area contributed by atoms with E-state index in [4.69, 9.17) is 5.11 Å². The molecule has 1 spiro atoms. The molecule has 19 rings (SSSR count). The van der Waals surface area contributed by atoms with Gasteiger partial charge in [-0.05, 0) is 187 Å². The smallest absolute Gasteiger partial charge is 0.274 e. The summed E-state index contributed by atoms with van der Waals surface area (Å²) in [4.78, 5) is 167. The number of H-pyrrole nitrogens is 6. The van der Waals surface area contributed by atoms with Gasteiger partial charge in [0.25, 0.3) is 35.4 Å². The monoisotopic (exact) mass is 1890 g/mol. The number of aromatic amines is 6. The van der Waals surface area contributed by atoms with Crippen molar-refractivity contribution in [1.82, 2.24) is 117 Å². The van der Waals surface area contributed by atoms with E-state index in [0.717, 1.165) is 118 Å². The second-order valence-electron chi connectivity index (χ2n) is 41.1. The first-order valence-corrected chi connectivity index (χ1v) is 48.6. The number of amides is 11. The Labute approximate surface area is 788 Å². The van der Waals surface area contributed by atoms with Crippen molar-refractivity contribution in [2.45, 2.75) is 276 Å². The number of nitrogens with zero attached hydrogens (tertiary/aromatic N) is 12. The highest BCUT2D eigenvalue weighted by Crippen LogP contribution is 2.53. The summed E-state index contributed by atoms with van der Waals surface area (Å²) in [5, 5.41) is 74.7. The van der Waals surface area contributed by atoms with Crippen LogP contribution in [0.2, 0.25) is 0 Å². The van der Waals surface area contributed by atoms with E-state index in [9.17, 15) is 80.6 Å². The molecule has 13 fully saturated rings. The second-order valence-corrected chi connectivity index (χ2v) is 41.1. The molecule has 41 heteroatoms. The van der Waals surface area contributed by atoms with Gasteiger partial charge in [0.15, 0.2) is 11.5 Å². The number of β-amino-alcohol motifs (C(OH)–C–C–N with tert-alkyl or cyclic N) is 1. The average Bonchev–Trinajstić information content (AvgIpc) is 1.58. The summed E-state index contributed by atoms with van der Waals surface area (Å²) in [6.45, 7) is 26.9. The summed E-state index contributed by atoms with van der Waals surface area (Å²) in [5.41, 5.74) is 6.04. The fraction of sp³-hybridized carbons (Fsp3) is 0.674. The van der Waals surface area contributed by atoms with E-state index in [2.05, 4.69) is 102 Å². The van der Waals surface area contributed by atoms with Crippen molar-refractivity contribution in [1.29, 1.82) is 0 Å². The normalized spacial score (nSPS) is 24.3. The standard InChI is InChI=1S/C17H24N4O2.2C16H22FN3O2.C16H23N5O4.C15H21FN4O2.C15H22N4O3/c1-10(2)12-7-13(20-19-12)16(23)21-8-14(17(9-21)5-6-17)18-15(22)11-3-4-11;1-10(2)12-8-13(19-18-12)15(22)20-6-3-11(9-20)7-14(21)16(17)4-5-16;1-9(2)13-7-14(19-18-13)16(22)20-4-3-10(8-20)5-15(21)11-6-12(11)17;1-9(17-14(23)8-22)12-6-13(20-19-12)16(25)21-5-4-11(7-21)18-15(24)10-2-3-10;1-8(2)11-5-12(19-18-11)15(22)20-6-10(16)13(7-20)17-14(21)9-3-4-9;1-8(2)10-5-11(18-17-10)15(22)19-6-12(13(20)7-19)16-14(21)9-3-4-9/h7,10-11,14H,3-6,8-9H2,1-2H3,(H,18,22)(H,19,20);8,10-11H,3-7,9H2,1-2H3,(H,18,19);7,9-12H,3-6,8H2,1-2H3,(H,18,19);6,9-11,22H,2-5,7-8H2,1H3,(H,17,23)(H,18,24)(H,19,20);5,8-10,13H,3-4,6-7H2,1-2H3,(H,17,21)(H,18,19);5,8-9,12-13,20H,3-4,6-7H2,1-2H3,(H,16,21)(H,17,18)/t14-;11-;10-,11-,12+;;10-,13-;12-,13-/m000.00/s1. The number of halogens is 3. The molecule has 2 unspecified atom stereocenters.